The molecule has 0 aliphatic rings. The van der Waals surface area contributed by atoms with Crippen molar-refractivity contribution >= 4 is 17.5 Å². The Hall–Kier alpha value is -2.01. The van der Waals surface area contributed by atoms with Gasteiger partial charge in [0.1, 0.15) is 5.75 Å². The van der Waals surface area contributed by atoms with Crippen molar-refractivity contribution in [1.29, 1.82) is 0 Å². The molecule has 2 rings (SSSR count). The van der Waals surface area contributed by atoms with Gasteiger partial charge in [-0.25, -0.2) is 4.98 Å². The van der Waals surface area contributed by atoms with Gasteiger partial charge in [0, 0.05) is 25.5 Å². The average Bonchev–Trinajstić information content (AvgIpc) is 3.04. The largest absolute Gasteiger partial charge is 0.479 e. The Kier molecular flexibility index (Phi) is 6.27. The highest BCUT2D eigenvalue weighted by Crippen LogP contribution is 2.24. The highest BCUT2D eigenvalue weighted by molar-refractivity contribution is 6.32. The monoisotopic (exact) mass is 321 g/mol. The van der Waals surface area contributed by atoms with E-state index in [1.807, 2.05) is 29.8 Å². The molecule has 1 N–H and O–H groups in total. The molecule has 1 aromatic heterocycles. The van der Waals surface area contributed by atoms with Crippen LogP contribution in [0.1, 0.15) is 19.8 Å². The molecule has 0 aliphatic heterocycles. The number of para-hydroxylation sites is 1. The Morgan fingerprint density at radius 3 is 2.95 bits per heavy atom. The normalized spacial score (nSPS) is 11.9. The van der Waals surface area contributed by atoms with Crippen LogP contribution < -0.4 is 10.1 Å². The number of benzene rings is 1. The predicted octanol–water partition coefficient (Wildman–Crippen LogP) is 2.90. The van der Waals surface area contributed by atoms with Crippen LogP contribution >= 0.6 is 11.6 Å². The number of nitrogens with one attached hydrogen (secondary N) is 1. The summed E-state index contributed by atoms with van der Waals surface area (Å²) in [5, 5.41) is 3.40. The zero-order valence-corrected chi connectivity index (χ0v) is 13.3. The number of aryl methyl sites for hydroxylation is 1. The van der Waals surface area contributed by atoms with Crippen molar-refractivity contribution in [3.8, 4) is 5.75 Å². The van der Waals surface area contributed by atoms with Crippen LogP contribution in [0.25, 0.3) is 0 Å². The second-order valence-corrected chi connectivity index (χ2v) is 5.30. The molecule has 118 valence electrons. The fourth-order valence-electron chi connectivity index (χ4n) is 2.02. The summed E-state index contributed by atoms with van der Waals surface area (Å²) >= 11 is 6.05. The second-order valence-electron chi connectivity index (χ2n) is 4.89. The van der Waals surface area contributed by atoms with E-state index in [1.165, 1.54) is 0 Å². The van der Waals surface area contributed by atoms with E-state index in [0.29, 0.717) is 23.7 Å². The lowest BCUT2D eigenvalue weighted by Gasteiger charge is -2.18. The molecule has 2 aromatic rings. The minimum Gasteiger partial charge on any atom is -0.479 e. The van der Waals surface area contributed by atoms with Gasteiger partial charge in [-0.05, 0) is 25.0 Å². The quantitative estimate of drug-likeness (QED) is 0.761. The number of nitrogens with zero attached hydrogens (tertiary/aromatic N) is 2. The van der Waals surface area contributed by atoms with Crippen LogP contribution in [0.2, 0.25) is 5.02 Å². The first-order chi connectivity index (χ1) is 10.7. The van der Waals surface area contributed by atoms with Crippen molar-refractivity contribution in [3.05, 3.63) is 48.0 Å². The Labute approximate surface area is 135 Å². The Morgan fingerprint density at radius 1 is 1.45 bits per heavy atom. The Morgan fingerprint density at radius 2 is 2.27 bits per heavy atom. The summed E-state index contributed by atoms with van der Waals surface area (Å²) in [7, 11) is 0. The number of aromatic nitrogens is 2. The van der Waals surface area contributed by atoms with Gasteiger partial charge in [0.25, 0.3) is 5.91 Å². The molecular weight excluding hydrogens is 302 g/mol. The van der Waals surface area contributed by atoms with Crippen LogP contribution in [0.4, 0.5) is 0 Å². The molecule has 6 heteroatoms. The van der Waals surface area contributed by atoms with Crippen LogP contribution in [-0.2, 0) is 11.3 Å². The number of imidazole rings is 1. The molecule has 0 saturated carbocycles. The van der Waals surface area contributed by atoms with Crippen molar-refractivity contribution in [3.63, 3.8) is 0 Å². The number of ether oxygens (including phenoxy) is 1. The van der Waals surface area contributed by atoms with Gasteiger partial charge in [-0.3, -0.25) is 4.79 Å². The van der Waals surface area contributed by atoms with Gasteiger partial charge >= 0.3 is 0 Å². The number of halogens is 1. The minimum atomic E-state index is -0.534. The molecule has 5 nitrogen and oxygen atoms in total. The van der Waals surface area contributed by atoms with E-state index < -0.39 is 6.10 Å². The SMILES string of the molecule is CC[C@H](Oc1ccccc1Cl)C(=O)NCCCn1ccnc1. The lowest BCUT2D eigenvalue weighted by atomic mass is 10.2. The zero-order chi connectivity index (χ0) is 15.8. The molecule has 0 radical (unpaired) electrons. The van der Waals surface area contributed by atoms with Crippen molar-refractivity contribution in [2.45, 2.75) is 32.4 Å². The molecule has 22 heavy (non-hydrogen) atoms. The van der Waals surface area contributed by atoms with E-state index in [-0.39, 0.29) is 5.91 Å². The van der Waals surface area contributed by atoms with Crippen LogP contribution in [0, 0.1) is 0 Å². The maximum Gasteiger partial charge on any atom is 0.261 e. The second kappa shape index (κ2) is 8.44. The van der Waals surface area contributed by atoms with Crippen LogP contribution in [0.3, 0.4) is 0 Å². The van der Waals surface area contributed by atoms with Gasteiger partial charge in [-0.1, -0.05) is 30.7 Å². The summed E-state index contributed by atoms with van der Waals surface area (Å²) in [4.78, 5) is 16.1. The molecule has 1 heterocycles. The third-order valence-corrected chi connectivity index (χ3v) is 3.53. The number of carbonyl (C=O) groups excluding carboxylic acids is 1. The van der Waals surface area contributed by atoms with E-state index in [0.717, 1.165) is 13.0 Å². The van der Waals surface area contributed by atoms with E-state index in [1.54, 1.807) is 24.7 Å². The molecule has 1 atom stereocenters. The molecule has 1 aromatic carbocycles. The van der Waals surface area contributed by atoms with Gasteiger partial charge < -0.3 is 14.6 Å². The number of carbonyl (C=O) groups is 1. The van der Waals surface area contributed by atoms with Gasteiger partial charge in [0.05, 0.1) is 11.3 Å². The summed E-state index contributed by atoms with van der Waals surface area (Å²) in [6.07, 6.45) is 6.29. The summed E-state index contributed by atoms with van der Waals surface area (Å²) in [5.74, 6) is 0.414. The molecular formula is C16H20ClN3O2. The molecule has 0 unspecified atom stereocenters. The highest BCUT2D eigenvalue weighted by atomic mass is 35.5. The molecule has 1 amide bonds. The topological polar surface area (TPSA) is 56.1 Å². The summed E-state index contributed by atoms with van der Waals surface area (Å²) in [6.45, 7) is 3.33. The highest BCUT2D eigenvalue weighted by Gasteiger charge is 2.18. The lowest BCUT2D eigenvalue weighted by molar-refractivity contribution is -0.128. The lowest BCUT2D eigenvalue weighted by Crippen LogP contribution is -2.38. The molecule has 0 fully saturated rings. The van der Waals surface area contributed by atoms with Crippen molar-refractivity contribution < 1.29 is 9.53 Å². The van der Waals surface area contributed by atoms with Crippen LogP contribution in [-0.4, -0.2) is 28.1 Å². The number of hydrogen-bond acceptors (Lipinski definition) is 3. The fraction of sp³-hybridized carbons (Fsp3) is 0.375. The maximum absolute atomic E-state index is 12.2. The third kappa shape index (κ3) is 4.77. The van der Waals surface area contributed by atoms with Crippen molar-refractivity contribution in [2.75, 3.05) is 6.54 Å². The molecule has 0 spiro atoms. The molecule has 0 aliphatic carbocycles. The smallest absolute Gasteiger partial charge is 0.261 e. The third-order valence-electron chi connectivity index (χ3n) is 3.22. The van der Waals surface area contributed by atoms with Gasteiger partial charge in [-0.2, -0.15) is 0 Å². The van der Waals surface area contributed by atoms with Gasteiger partial charge in [0.2, 0.25) is 0 Å². The predicted molar refractivity (Wildman–Crippen MR) is 86.0 cm³/mol. The fourth-order valence-corrected chi connectivity index (χ4v) is 2.20. The van der Waals surface area contributed by atoms with E-state index >= 15 is 0 Å². The van der Waals surface area contributed by atoms with E-state index in [4.69, 9.17) is 16.3 Å². The first-order valence-corrected chi connectivity index (χ1v) is 7.73. The molecule has 0 bridgehead atoms. The van der Waals surface area contributed by atoms with Crippen LogP contribution in [0.15, 0.2) is 43.0 Å². The van der Waals surface area contributed by atoms with Gasteiger partial charge in [0.15, 0.2) is 6.10 Å². The Balaban J connectivity index is 1.77. The average molecular weight is 322 g/mol. The minimum absolute atomic E-state index is 0.118. The zero-order valence-electron chi connectivity index (χ0n) is 12.5. The van der Waals surface area contributed by atoms with E-state index in [2.05, 4.69) is 10.3 Å². The summed E-state index contributed by atoms with van der Waals surface area (Å²) in [6, 6.07) is 7.16. The number of rotatable bonds is 8. The summed E-state index contributed by atoms with van der Waals surface area (Å²) < 4.78 is 7.68. The first kappa shape index (κ1) is 16.4. The number of amides is 1. The van der Waals surface area contributed by atoms with Crippen molar-refractivity contribution in [2.24, 2.45) is 0 Å². The number of hydrogen-bond donors (Lipinski definition) is 1. The standard InChI is InChI=1S/C16H20ClN3O2/c1-2-14(22-15-7-4-3-6-13(15)17)16(21)19-8-5-10-20-11-9-18-12-20/h3-4,6-7,9,11-12,14H,2,5,8,10H2,1H3,(H,19,21)/t14-/m0/s1. The van der Waals surface area contributed by atoms with E-state index in [9.17, 15) is 4.79 Å². The Bertz CT molecular complexity index is 587. The van der Waals surface area contributed by atoms with Crippen molar-refractivity contribution in [1.82, 2.24) is 14.9 Å². The van der Waals surface area contributed by atoms with Crippen LogP contribution in [0.5, 0.6) is 5.75 Å². The summed E-state index contributed by atoms with van der Waals surface area (Å²) in [5.41, 5.74) is 0. The van der Waals surface area contributed by atoms with Gasteiger partial charge in [-0.15, -0.1) is 0 Å². The molecule has 0 saturated heterocycles. The first-order valence-electron chi connectivity index (χ1n) is 7.35. The maximum atomic E-state index is 12.2.